The number of aromatic nitrogens is 1. The van der Waals surface area contributed by atoms with Crippen molar-refractivity contribution in [2.45, 2.75) is 0 Å². The topological polar surface area (TPSA) is 26.0 Å². The minimum Gasteiger partial charge on any atom is -0.436 e. The van der Waals surface area contributed by atoms with Gasteiger partial charge in [-0.1, -0.05) is 127 Å². The van der Waals surface area contributed by atoms with Crippen LogP contribution in [0.4, 0.5) is 0 Å². The Balaban J connectivity index is 1.46. The Morgan fingerprint density at radius 1 is 0.486 bits per heavy atom. The Morgan fingerprint density at radius 2 is 1.11 bits per heavy atom. The van der Waals surface area contributed by atoms with E-state index in [2.05, 4.69) is 97.1 Å². The van der Waals surface area contributed by atoms with Gasteiger partial charge in [-0.25, -0.2) is 4.98 Å². The van der Waals surface area contributed by atoms with Crippen molar-refractivity contribution in [1.29, 1.82) is 0 Å². The van der Waals surface area contributed by atoms with E-state index in [0.29, 0.717) is 5.89 Å². The average Bonchev–Trinajstić information content (AvgIpc) is 3.38. The zero-order valence-electron chi connectivity index (χ0n) is 19.1. The molecule has 0 fully saturated rings. The van der Waals surface area contributed by atoms with Gasteiger partial charge in [-0.05, 0) is 39.9 Å². The van der Waals surface area contributed by atoms with Crippen molar-refractivity contribution in [3.8, 4) is 33.7 Å². The molecule has 2 nitrogen and oxygen atoms in total. The van der Waals surface area contributed by atoms with E-state index in [4.69, 9.17) is 9.40 Å². The van der Waals surface area contributed by atoms with Crippen LogP contribution in [0.2, 0.25) is 0 Å². The summed E-state index contributed by atoms with van der Waals surface area (Å²) >= 11 is 0. The van der Waals surface area contributed by atoms with Gasteiger partial charge in [-0.3, -0.25) is 0 Å². The number of benzene rings is 5. The lowest BCUT2D eigenvalue weighted by Gasteiger charge is -2.10. The molecule has 0 aliphatic heterocycles. The largest absolute Gasteiger partial charge is 0.436 e. The summed E-state index contributed by atoms with van der Waals surface area (Å²) in [5.41, 5.74) is 9.38. The number of rotatable bonds is 5. The second-order valence-electron chi connectivity index (χ2n) is 8.41. The standard InChI is InChI=1S/C33H23NO/c1-3-12-24(13-4-1)22-23-26-16-7-8-17-27(26)29-18-9-10-19-30(29)33-34-32-28(20-11-21-31(32)35-33)25-14-5-2-6-15-25/h1-23H/b23-22+. The summed E-state index contributed by atoms with van der Waals surface area (Å²) in [7, 11) is 0. The zero-order chi connectivity index (χ0) is 23.5. The molecule has 0 amide bonds. The van der Waals surface area contributed by atoms with Crippen molar-refractivity contribution >= 4 is 23.3 Å². The summed E-state index contributed by atoms with van der Waals surface area (Å²) in [5.74, 6) is 0.626. The first-order chi connectivity index (χ1) is 17.4. The third-order valence-corrected chi connectivity index (χ3v) is 6.17. The highest BCUT2D eigenvalue weighted by Gasteiger charge is 2.16. The SMILES string of the molecule is C(=C\c1ccccc1-c1ccccc1-c1nc2c(-c3ccccc3)cccc2o1)/c1ccccc1. The van der Waals surface area contributed by atoms with Crippen molar-refractivity contribution < 1.29 is 4.42 Å². The molecule has 0 aliphatic rings. The fraction of sp³-hybridized carbons (Fsp3) is 0. The second-order valence-corrected chi connectivity index (χ2v) is 8.41. The molecule has 0 unspecified atom stereocenters. The van der Waals surface area contributed by atoms with Crippen LogP contribution in [0.5, 0.6) is 0 Å². The number of nitrogens with zero attached hydrogens (tertiary/aromatic N) is 1. The molecule has 6 rings (SSSR count). The van der Waals surface area contributed by atoms with Crippen LogP contribution < -0.4 is 0 Å². The number of para-hydroxylation sites is 1. The first-order valence-electron chi connectivity index (χ1n) is 11.7. The highest BCUT2D eigenvalue weighted by atomic mass is 16.3. The number of hydrogen-bond acceptors (Lipinski definition) is 2. The van der Waals surface area contributed by atoms with E-state index >= 15 is 0 Å². The summed E-state index contributed by atoms with van der Waals surface area (Å²) in [6.07, 6.45) is 4.31. The van der Waals surface area contributed by atoms with Crippen molar-refractivity contribution in [2.75, 3.05) is 0 Å². The maximum absolute atomic E-state index is 6.32. The van der Waals surface area contributed by atoms with Gasteiger partial charge in [0, 0.05) is 11.1 Å². The van der Waals surface area contributed by atoms with Gasteiger partial charge in [0.2, 0.25) is 5.89 Å². The Hall–Kier alpha value is -4.69. The lowest BCUT2D eigenvalue weighted by atomic mass is 9.94. The van der Waals surface area contributed by atoms with E-state index in [9.17, 15) is 0 Å². The molecule has 0 saturated carbocycles. The van der Waals surface area contributed by atoms with Gasteiger partial charge < -0.3 is 4.42 Å². The molecule has 35 heavy (non-hydrogen) atoms. The quantitative estimate of drug-likeness (QED) is 0.245. The smallest absolute Gasteiger partial charge is 0.227 e. The van der Waals surface area contributed by atoms with E-state index in [1.54, 1.807) is 0 Å². The van der Waals surface area contributed by atoms with Gasteiger partial charge in [0.25, 0.3) is 0 Å². The molecule has 0 atom stereocenters. The molecular weight excluding hydrogens is 426 g/mol. The summed E-state index contributed by atoms with van der Waals surface area (Å²) in [6.45, 7) is 0. The number of hydrogen-bond donors (Lipinski definition) is 0. The molecule has 0 spiro atoms. The van der Waals surface area contributed by atoms with Gasteiger partial charge in [0.1, 0.15) is 5.52 Å². The predicted molar refractivity (Wildman–Crippen MR) is 146 cm³/mol. The molecule has 1 aromatic heterocycles. The molecule has 0 saturated heterocycles. The van der Waals surface area contributed by atoms with Crippen molar-refractivity contribution in [1.82, 2.24) is 4.98 Å². The van der Waals surface area contributed by atoms with Gasteiger partial charge >= 0.3 is 0 Å². The van der Waals surface area contributed by atoms with Gasteiger partial charge in [0.05, 0.1) is 0 Å². The maximum atomic E-state index is 6.32. The van der Waals surface area contributed by atoms with Crippen molar-refractivity contribution in [3.05, 3.63) is 139 Å². The zero-order valence-corrected chi connectivity index (χ0v) is 19.1. The Labute approximate surface area is 204 Å². The molecule has 0 bridgehead atoms. The number of fused-ring (bicyclic) bond motifs is 1. The van der Waals surface area contributed by atoms with Crippen molar-refractivity contribution in [3.63, 3.8) is 0 Å². The Kier molecular flexibility index (Phi) is 5.54. The minimum atomic E-state index is 0.626. The summed E-state index contributed by atoms with van der Waals surface area (Å²) in [4.78, 5) is 4.98. The van der Waals surface area contributed by atoms with E-state index in [0.717, 1.165) is 44.5 Å². The molecule has 2 heteroatoms. The first-order valence-corrected chi connectivity index (χ1v) is 11.7. The van der Waals surface area contributed by atoms with Gasteiger partial charge in [-0.15, -0.1) is 0 Å². The minimum absolute atomic E-state index is 0.626. The molecule has 1 heterocycles. The molecule has 0 radical (unpaired) electrons. The van der Waals surface area contributed by atoms with E-state index in [-0.39, 0.29) is 0 Å². The van der Waals surface area contributed by atoms with Crippen LogP contribution in [-0.2, 0) is 0 Å². The fourth-order valence-corrected chi connectivity index (χ4v) is 4.46. The van der Waals surface area contributed by atoms with Crippen LogP contribution in [0.25, 0.3) is 57.0 Å². The third kappa shape index (κ3) is 4.18. The van der Waals surface area contributed by atoms with Crippen LogP contribution in [0, 0.1) is 0 Å². The van der Waals surface area contributed by atoms with Crippen LogP contribution >= 0.6 is 0 Å². The molecule has 0 aliphatic carbocycles. The van der Waals surface area contributed by atoms with Crippen LogP contribution in [0.1, 0.15) is 11.1 Å². The molecular formula is C33H23NO. The highest BCUT2D eigenvalue weighted by molar-refractivity contribution is 5.94. The second kappa shape index (κ2) is 9.28. The van der Waals surface area contributed by atoms with Crippen LogP contribution in [0.3, 0.4) is 0 Å². The lowest BCUT2D eigenvalue weighted by Crippen LogP contribution is -1.88. The van der Waals surface area contributed by atoms with Gasteiger partial charge in [0.15, 0.2) is 5.58 Å². The van der Waals surface area contributed by atoms with Gasteiger partial charge in [-0.2, -0.15) is 0 Å². The first kappa shape index (κ1) is 20.9. The normalized spacial score (nSPS) is 11.3. The Morgan fingerprint density at radius 3 is 1.91 bits per heavy atom. The van der Waals surface area contributed by atoms with Crippen molar-refractivity contribution in [2.24, 2.45) is 0 Å². The molecule has 6 aromatic rings. The Bertz CT molecular complexity index is 1630. The fourth-order valence-electron chi connectivity index (χ4n) is 4.46. The number of oxazole rings is 1. The summed E-state index contributed by atoms with van der Waals surface area (Å²) in [5, 5.41) is 0. The predicted octanol–water partition coefficient (Wildman–Crippen LogP) is 9.00. The average molecular weight is 450 g/mol. The summed E-state index contributed by atoms with van der Waals surface area (Å²) in [6, 6.07) is 43.5. The van der Waals surface area contributed by atoms with Crippen LogP contribution in [-0.4, -0.2) is 4.98 Å². The monoisotopic (exact) mass is 449 g/mol. The third-order valence-electron chi connectivity index (χ3n) is 6.17. The molecule has 0 N–H and O–H groups in total. The highest BCUT2D eigenvalue weighted by Crippen LogP contribution is 2.37. The molecule has 5 aromatic carbocycles. The maximum Gasteiger partial charge on any atom is 0.227 e. The van der Waals surface area contributed by atoms with E-state index in [1.165, 1.54) is 5.56 Å². The molecule has 166 valence electrons. The van der Waals surface area contributed by atoms with E-state index in [1.807, 2.05) is 42.5 Å². The summed E-state index contributed by atoms with van der Waals surface area (Å²) < 4.78 is 6.32. The van der Waals surface area contributed by atoms with E-state index < -0.39 is 0 Å². The van der Waals surface area contributed by atoms with Crippen LogP contribution in [0.15, 0.2) is 132 Å². The lowest BCUT2D eigenvalue weighted by molar-refractivity contribution is 0.620.